The number of rotatable bonds is 1. The highest BCUT2D eigenvalue weighted by molar-refractivity contribution is 8.18. The second kappa shape index (κ2) is 7.27. The first-order chi connectivity index (χ1) is 14.1. The first-order valence-electron chi connectivity index (χ1n) is 9.66. The lowest BCUT2D eigenvalue weighted by molar-refractivity contribution is -0.113. The number of likely N-dealkylation sites (tertiary alicyclic amines) is 1. The largest absolute Gasteiger partial charge is 0.365 e. The van der Waals surface area contributed by atoms with Crippen molar-refractivity contribution < 1.29 is 9.53 Å². The Morgan fingerprint density at radius 1 is 1.21 bits per heavy atom. The minimum Gasteiger partial charge on any atom is -0.365 e. The summed E-state index contributed by atoms with van der Waals surface area (Å²) in [5.41, 5.74) is 4.13. The van der Waals surface area contributed by atoms with Crippen molar-refractivity contribution in [1.82, 2.24) is 9.88 Å². The Bertz CT molecular complexity index is 1040. The van der Waals surface area contributed by atoms with Gasteiger partial charge in [0.1, 0.15) is 0 Å². The van der Waals surface area contributed by atoms with Crippen molar-refractivity contribution in [3.63, 3.8) is 0 Å². The molecule has 1 amide bonds. The van der Waals surface area contributed by atoms with E-state index in [1.54, 1.807) is 0 Å². The summed E-state index contributed by atoms with van der Waals surface area (Å²) in [6.07, 6.45) is 5.51. The summed E-state index contributed by atoms with van der Waals surface area (Å²) in [6, 6.07) is 9.59. The number of hydrogen-bond acceptors (Lipinski definition) is 5. The van der Waals surface area contributed by atoms with Crippen molar-refractivity contribution in [2.45, 2.75) is 32.0 Å². The van der Waals surface area contributed by atoms with E-state index >= 15 is 0 Å². The van der Waals surface area contributed by atoms with Crippen LogP contribution in [-0.4, -0.2) is 34.0 Å². The van der Waals surface area contributed by atoms with E-state index in [0.29, 0.717) is 16.5 Å². The molecule has 3 aliphatic rings. The molecule has 1 saturated heterocycles. The predicted octanol–water partition coefficient (Wildman–Crippen LogP) is 4.62. The summed E-state index contributed by atoms with van der Waals surface area (Å²) in [5.74, 6) is -0.163. The summed E-state index contributed by atoms with van der Waals surface area (Å²) in [6.45, 7) is 4.23. The molecule has 3 aliphatic heterocycles. The molecule has 0 aliphatic carbocycles. The molecular weight excluding hydrogens is 406 g/mol. The predicted molar refractivity (Wildman–Crippen MR) is 116 cm³/mol. The van der Waals surface area contributed by atoms with Gasteiger partial charge in [0, 0.05) is 36.1 Å². The maximum absolute atomic E-state index is 12.6. The van der Waals surface area contributed by atoms with Gasteiger partial charge in [0.2, 0.25) is 0 Å². The van der Waals surface area contributed by atoms with Crippen molar-refractivity contribution >= 4 is 40.0 Å². The Morgan fingerprint density at radius 3 is 2.72 bits per heavy atom. The average Bonchev–Trinajstić information content (AvgIpc) is 3.30. The maximum Gasteiger partial charge on any atom is 0.286 e. The SMILES string of the molecule is C/C(=C1/SC(N2CCC3(CC2)OCc2ccncc23)=NC1=O)c1ccc(Cl)cc1. The lowest BCUT2D eigenvalue weighted by Gasteiger charge is -2.39. The van der Waals surface area contributed by atoms with Crippen LogP contribution in [0.3, 0.4) is 0 Å². The maximum atomic E-state index is 12.6. The minimum absolute atomic E-state index is 0.163. The highest BCUT2D eigenvalue weighted by Gasteiger charge is 2.44. The second-order valence-electron chi connectivity index (χ2n) is 7.57. The lowest BCUT2D eigenvalue weighted by Crippen LogP contribution is -2.44. The number of thioether (sulfide) groups is 1. The molecule has 0 bridgehead atoms. The Morgan fingerprint density at radius 2 is 1.97 bits per heavy atom. The number of allylic oxidation sites excluding steroid dienone is 1. The molecule has 1 fully saturated rings. The van der Waals surface area contributed by atoms with Gasteiger partial charge in [0.15, 0.2) is 5.17 Å². The van der Waals surface area contributed by atoms with Crippen LogP contribution in [0.4, 0.5) is 0 Å². The number of nitrogens with zero attached hydrogens (tertiary/aromatic N) is 3. The van der Waals surface area contributed by atoms with Gasteiger partial charge >= 0.3 is 0 Å². The van der Waals surface area contributed by atoms with Crippen molar-refractivity contribution in [2.24, 2.45) is 4.99 Å². The number of piperidine rings is 1. The summed E-state index contributed by atoms with van der Waals surface area (Å²) >= 11 is 7.45. The normalized spacial score (nSPS) is 22.1. The molecule has 2 aromatic rings. The van der Waals surface area contributed by atoms with Gasteiger partial charge in [-0.05, 0) is 66.4 Å². The number of hydrogen-bond donors (Lipinski definition) is 0. The number of amidine groups is 1. The summed E-state index contributed by atoms with van der Waals surface area (Å²) < 4.78 is 6.21. The first-order valence-corrected chi connectivity index (χ1v) is 10.9. The van der Waals surface area contributed by atoms with E-state index in [1.807, 2.05) is 49.6 Å². The van der Waals surface area contributed by atoms with Gasteiger partial charge in [-0.2, -0.15) is 4.99 Å². The van der Waals surface area contributed by atoms with E-state index in [9.17, 15) is 4.79 Å². The van der Waals surface area contributed by atoms with E-state index in [1.165, 1.54) is 22.9 Å². The standard InChI is InChI=1S/C22H20ClN3O2S/c1-14(15-2-4-17(23)5-3-15)19-20(27)25-21(29-19)26-10-7-22(8-11-26)18-12-24-9-6-16(18)13-28-22/h2-6,9,12H,7-8,10-11,13H2,1H3/b19-14-. The van der Waals surface area contributed by atoms with Crippen LogP contribution in [0, 0.1) is 0 Å². The fourth-order valence-corrected chi connectivity index (χ4v) is 5.38. The highest BCUT2D eigenvalue weighted by atomic mass is 35.5. The molecular formula is C22H20ClN3O2S. The molecule has 29 heavy (non-hydrogen) atoms. The van der Waals surface area contributed by atoms with Crippen LogP contribution in [-0.2, 0) is 21.7 Å². The van der Waals surface area contributed by atoms with Gasteiger partial charge in [-0.1, -0.05) is 23.7 Å². The van der Waals surface area contributed by atoms with E-state index in [-0.39, 0.29) is 11.5 Å². The monoisotopic (exact) mass is 425 g/mol. The van der Waals surface area contributed by atoms with Crippen LogP contribution in [0.1, 0.15) is 36.5 Å². The fourth-order valence-electron chi connectivity index (χ4n) is 4.22. The van der Waals surface area contributed by atoms with Gasteiger partial charge < -0.3 is 9.64 Å². The number of aliphatic imine (C=N–C) groups is 1. The third kappa shape index (κ3) is 3.29. The Labute approximate surface area is 178 Å². The number of benzene rings is 1. The first kappa shape index (κ1) is 18.9. The topological polar surface area (TPSA) is 54.8 Å². The number of carbonyl (C=O) groups excluding carboxylic acids is 1. The molecule has 1 aromatic carbocycles. The van der Waals surface area contributed by atoms with E-state index < -0.39 is 0 Å². The molecule has 0 atom stereocenters. The quantitative estimate of drug-likeness (QED) is 0.624. The number of aromatic nitrogens is 1. The Balaban J connectivity index is 1.31. The number of ether oxygens (including phenoxy) is 1. The number of halogens is 1. The second-order valence-corrected chi connectivity index (χ2v) is 8.98. The van der Waals surface area contributed by atoms with Crippen LogP contribution in [0.25, 0.3) is 5.57 Å². The number of carbonyl (C=O) groups is 1. The van der Waals surface area contributed by atoms with Crippen LogP contribution in [0.2, 0.25) is 5.02 Å². The van der Waals surface area contributed by atoms with Crippen molar-refractivity contribution in [1.29, 1.82) is 0 Å². The molecule has 148 valence electrons. The van der Waals surface area contributed by atoms with Gasteiger partial charge in [-0.15, -0.1) is 0 Å². The van der Waals surface area contributed by atoms with Gasteiger partial charge in [0.25, 0.3) is 5.91 Å². The molecule has 4 heterocycles. The van der Waals surface area contributed by atoms with E-state index in [0.717, 1.165) is 42.2 Å². The third-order valence-corrected chi connectivity index (χ3v) is 7.42. The number of pyridine rings is 1. The van der Waals surface area contributed by atoms with Gasteiger partial charge in [0.05, 0.1) is 17.1 Å². The zero-order valence-corrected chi connectivity index (χ0v) is 17.6. The molecule has 0 N–H and O–H groups in total. The number of fused-ring (bicyclic) bond motifs is 2. The molecule has 1 spiro atoms. The molecule has 0 saturated carbocycles. The van der Waals surface area contributed by atoms with Crippen LogP contribution >= 0.6 is 23.4 Å². The van der Waals surface area contributed by atoms with Crippen LogP contribution in [0.5, 0.6) is 0 Å². The minimum atomic E-state index is -0.244. The number of amides is 1. The van der Waals surface area contributed by atoms with Gasteiger partial charge in [-0.25, -0.2) is 0 Å². The summed E-state index contributed by atoms with van der Waals surface area (Å²) in [7, 11) is 0. The summed E-state index contributed by atoms with van der Waals surface area (Å²) in [5, 5.41) is 1.47. The molecule has 1 aromatic heterocycles. The molecule has 5 nitrogen and oxygen atoms in total. The van der Waals surface area contributed by atoms with E-state index in [4.69, 9.17) is 16.3 Å². The van der Waals surface area contributed by atoms with Crippen LogP contribution < -0.4 is 0 Å². The van der Waals surface area contributed by atoms with E-state index in [2.05, 4.69) is 14.9 Å². The fraction of sp³-hybridized carbons (Fsp3) is 0.318. The molecule has 7 heteroatoms. The lowest BCUT2D eigenvalue weighted by atomic mass is 9.85. The highest BCUT2D eigenvalue weighted by Crippen LogP contribution is 2.45. The van der Waals surface area contributed by atoms with Crippen molar-refractivity contribution in [2.75, 3.05) is 13.1 Å². The van der Waals surface area contributed by atoms with Gasteiger partial charge in [-0.3, -0.25) is 9.78 Å². The molecule has 0 radical (unpaired) electrons. The zero-order valence-electron chi connectivity index (χ0n) is 16.0. The Hall–Kier alpha value is -2.15. The van der Waals surface area contributed by atoms with Crippen molar-refractivity contribution in [3.8, 4) is 0 Å². The zero-order chi connectivity index (χ0) is 20.0. The average molecular weight is 426 g/mol. The van der Waals surface area contributed by atoms with Crippen LogP contribution in [0.15, 0.2) is 52.6 Å². The van der Waals surface area contributed by atoms with Crippen molar-refractivity contribution in [3.05, 3.63) is 69.3 Å². The Kier molecular flexibility index (Phi) is 4.73. The summed E-state index contributed by atoms with van der Waals surface area (Å²) in [4.78, 5) is 24.1. The molecule has 0 unspecified atom stereocenters. The molecule has 5 rings (SSSR count). The smallest absolute Gasteiger partial charge is 0.286 e. The third-order valence-electron chi connectivity index (χ3n) is 5.95.